The Labute approximate surface area is 152 Å². The maximum atomic E-state index is 12.3. The molecule has 1 aromatic heterocycles. The van der Waals surface area contributed by atoms with E-state index in [1.165, 1.54) is 16.4 Å². The highest BCUT2D eigenvalue weighted by Crippen LogP contribution is 2.31. The number of aromatic nitrogens is 1. The third-order valence-electron chi connectivity index (χ3n) is 4.58. The van der Waals surface area contributed by atoms with E-state index in [2.05, 4.69) is 58.5 Å². The van der Waals surface area contributed by atoms with Crippen LogP contribution in [-0.2, 0) is 16.1 Å². The Morgan fingerprint density at radius 3 is 2.80 bits per heavy atom. The molecule has 5 nitrogen and oxygen atoms in total. The number of hydrogen-bond donors (Lipinski definition) is 2. The van der Waals surface area contributed by atoms with Gasteiger partial charge in [0.15, 0.2) is 0 Å². The third-order valence-corrected chi connectivity index (χ3v) is 4.58. The molecule has 0 radical (unpaired) electrons. The molecule has 1 aliphatic rings. The first-order valence-corrected chi connectivity index (χ1v) is 8.42. The molecule has 1 fully saturated rings. The molecule has 6 heteroatoms. The molecule has 2 N–H and O–H groups in total. The normalized spacial score (nSPS) is 17.4. The van der Waals surface area contributed by atoms with Gasteiger partial charge in [-0.05, 0) is 31.2 Å². The van der Waals surface area contributed by atoms with E-state index < -0.39 is 6.10 Å². The van der Waals surface area contributed by atoms with Gasteiger partial charge in [0.25, 0.3) is 5.91 Å². The number of anilines is 1. The van der Waals surface area contributed by atoms with Gasteiger partial charge < -0.3 is 19.9 Å². The second-order valence-electron chi connectivity index (χ2n) is 6.05. The number of nitrogens with zero attached hydrogens (tertiary/aromatic N) is 1. The minimum Gasteiger partial charge on any atom is -0.366 e. The van der Waals surface area contributed by atoms with E-state index in [4.69, 9.17) is 4.74 Å². The molecule has 0 saturated carbocycles. The summed E-state index contributed by atoms with van der Waals surface area (Å²) in [6.45, 7) is 4.99. The van der Waals surface area contributed by atoms with Gasteiger partial charge in [-0.2, -0.15) is 0 Å². The van der Waals surface area contributed by atoms with Gasteiger partial charge in [-0.15, -0.1) is 12.4 Å². The van der Waals surface area contributed by atoms with E-state index in [-0.39, 0.29) is 18.3 Å². The summed E-state index contributed by atoms with van der Waals surface area (Å²) in [5, 5.41) is 8.53. The lowest BCUT2D eigenvalue weighted by Gasteiger charge is -2.22. The smallest absolute Gasteiger partial charge is 0.254 e. The number of morpholine rings is 1. The first-order chi connectivity index (χ1) is 11.8. The number of fused-ring (bicyclic) bond motifs is 3. The van der Waals surface area contributed by atoms with Gasteiger partial charge in [0.1, 0.15) is 6.10 Å². The number of benzene rings is 2. The predicted molar refractivity (Wildman–Crippen MR) is 104 cm³/mol. The lowest BCUT2D eigenvalue weighted by atomic mass is 10.1. The summed E-state index contributed by atoms with van der Waals surface area (Å²) < 4.78 is 7.81. The molecule has 2 aromatic carbocycles. The van der Waals surface area contributed by atoms with Crippen molar-refractivity contribution in [1.29, 1.82) is 0 Å². The number of rotatable bonds is 3. The van der Waals surface area contributed by atoms with Crippen molar-refractivity contribution in [3.05, 3.63) is 42.5 Å². The van der Waals surface area contributed by atoms with E-state index in [0.29, 0.717) is 13.2 Å². The molecule has 132 valence electrons. The average Bonchev–Trinajstić information content (AvgIpc) is 2.95. The number of ether oxygens (including phenoxy) is 1. The van der Waals surface area contributed by atoms with Crippen molar-refractivity contribution in [3.63, 3.8) is 0 Å². The van der Waals surface area contributed by atoms with E-state index in [1.807, 2.05) is 6.07 Å². The second kappa shape index (κ2) is 7.44. The van der Waals surface area contributed by atoms with Crippen LogP contribution in [0.3, 0.4) is 0 Å². The lowest BCUT2D eigenvalue weighted by Crippen LogP contribution is -2.45. The van der Waals surface area contributed by atoms with Crippen LogP contribution in [0.5, 0.6) is 0 Å². The zero-order chi connectivity index (χ0) is 16.5. The summed E-state index contributed by atoms with van der Waals surface area (Å²) in [4.78, 5) is 12.3. The summed E-state index contributed by atoms with van der Waals surface area (Å²) in [7, 11) is 0. The molecule has 1 saturated heterocycles. The maximum Gasteiger partial charge on any atom is 0.254 e. The Bertz CT molecular complexity index is 900. The fraction of sp³-hybridized carbons (Fsp3) is 0.316. The van der Waals surface area contributed by atoms with Crippen molar-refractivity contribution in [2.45, 2.75) is 19.6 Å². The first-order valence-electron chi connectivity index (χ1n) is 8.42. The number of para-hydroxylation sites is 1. The van der Waals surface area contributed by atoms with Crippen LogP contribution in [0.2, 0.25) is 0 Å². The second-order valence-corrected chi connectivity index (χ2v) is 6.05. The largest absolute Gasteiger partial charge is 0.366 e. The quantitative estimate of drug-likeness (QED) is 0.755. The highest BCUT2D eigenvalue weighted by atomic mass is 35.5. The zero-order valence-electron chi connectivity index (χ0n) is 14.1. The molecular formula is C19H22ClN3O2. The number of carbonyl (C=O) groups is 1. The van der Waals surface area contributed by atoms with Crippen LogP contribution in [0.1, 0.15) is 6.92 Å². The Kier molecular flexibility index (Phi) is 5.27. The van der Waals surface area contributed by atoms with Gasteiger partial charge in [-0.1, -0.05) is 18.2 Å². The van der Waals surface area contributed by atoms with E-state index in [9.17, 15) is 4.79 Å². The Morgan fingerprint density at radius 1 is 1.24 bits per heavy atom. The predicted octanol–water partition coefficient (Wildman–Crippen LogP) is 3.16. The van der Waals surface area contributed by atoms with Crippen molar-refractivity contribution in [1.82, 2.24) is 9.88 Å². The number of amides is 1. The summed E-state index contributed by atoms with van der Waals surface area (Å²) in [5.74, 6) is -0.0965. The van der Waals surface area contributed by atoms with Crippen molar-refractivity contribution < 1.29 is 9.53 Å². The molecule has 1 amide bonds. The molecule has 3 aromatic rings. The number of halogens is 1. The maximum absolute atomic E-state index is 12.3. The summed E-state index contributed by atoms with van der Waals surface area (Å²) >= 11 is 0. The molecule has 2 heterocycles. The van der Waals surface area contributed by atoms with Gasteiger partial charge in [0.05, 0.1) is 6.61 Å². The standard InChI is InChI=1S/C19H21N3O2.ClH/c1-2-22-16-6-4-3-5-14(16)15-11-13(7-8-17(15)22)21-19(23)18-12-20-9-10-24-18;/h3-8,11,18,20H,2,9-10,12H2,1H3,(H,21,23);1H. The SMILES string of the molecule is CCn1c2ccccc2c2cc(NC(=O)C3CNCCO3)ccc21.Cl. The molecule has 1 unspecified atom stereocenters. The summed E-state index contributed by atoms with van der Waals surface area (Å²) in [6.07, 6.45) is -0.425. The van der Waals surface area contributed by atoms with Crippen molar-refractivity contribution in [2.75, 3.05) is 25.0 Å². The number of carbonyl (C=O) groups excluding carboxylic acids is 1. The van der Waals surface area contributed by atoms with Crippen LogP contribution in [0, 0.1) is 0 Å². The van der Waals surface area contributed by atoms with E-state index >= 15 is 0 Å². The highest BCUT2D eigenvalue weighted by molar-refractivity contribution is 6.10. The van der Waals surface area contributed by atoms with Crippen molar-refractivity contribution >= 4 is 45.8 Å². The van der Waals surface area contributed by atoms with Crippen molar-refractivity contribution in [2.24, 2.45) is 0 Å². The number of hydrogen-bond acceptors (Lipinski definition) is 3. The summed E-state index contributed by atoms with van der Waals surface area (Å²) in [5.41, 5.74) is 3.21. The van der Waals surface area contributed by atoms with Gasteiger partial charge in [-0.3, -0.25) is 4.79 Å². The van der Waals surface area contributed by atoms with Crippen LogP contribution in [0.4, 0.5) is 5.69 Å². The van der Waals surface area contributed by atoms with Crippen LogP contribution in [0.25, 0.3) is 21.8 Å². The third kappa shape index (κ3) is 3.23. The molecule has 4 rings (SSSR count). The fourth-order valence-electron chi connectivity index (χ4n) is 3.43. The van der Waals surface area contributed by atoms with Gasteiger partial charge >= 0.3 is 0 Å². The Morgan fingerprint density at radius 2 is 2.04 bits per heavy atom. The van der Waals surface area contributed by atoms with Crippen LogP contribution >= 0.6 is 12.4 Å². The van der Waals surface area contributed by atoms with Crippen LogP contribution in [-0.4, -0.2) is 36.3 Å². The molecular weight excluding hydrogens is 338 g/mol. The summed E-state index contributed by atoms with van der Waals surface area (Å²) in [6, 6.07) is 14.5. The lowest BCUT2D eigenvalue weighted by molar-refractivity contribution is -0.128. The van der Waals surface area contributed by atoms with Crippen LogP contribution in [0.15, 0.2) is 42.5 Å². The molecule has 1 atom stereocenters. The minimum atomic E-state index is -0.425. The monoisotopic (exact) mass is 359 g/mol. The zero-order valence-corrected chi connectivity index (χ0v) is 14.9. The van der Waals surface area contributed by atoms with Gasteiger partial charge in [0.2, 0.25) is 0 Å². The number of nitrogens with one attached hydrogen (secondary N) is 2. The first kappa shape index (κ1) is 17.7. The fourth-order valence-corrected chi connectivity index (χ4v) is 3.43. The van der Waals surface area contributed by atoms with Gasteiger partial charge in [0, 0.05) is 47.1 Å². The topological polar surface area (TPSA) is 55.3 Å². The Balaban J connectivity index is 0.00000182. The number of aryl methyl sites for hydroxylation is 1. The molecule has 0 spiro atoms. The van der Waals surface area contributed by atoms with E-state index in [1.54, 1.807) is 0 Å². The molecule has 0 aliphatic carbocycles. The van der Waals surface area contributed by atoms with Gasteiger partial charge in [-0.25, -0.2) is 0 Å². The molecule has 0 bridgehead atoms. The van der Waals surface area contributed by atoms with Crippen molar-refractivity contribution in [3.8, 4) is 0 Å². The highest BCUT2D eigenvalue weighted by Gasteiger charge is 2.22. The van der Waals surface area contributed by atoms with E-state index in [0.717, 1.165) is 24.2 Å². The van der Waals surface area contributed by atoms with Crippen LogP contribution < -0.4 is 10.6 Å². The molecule has 1 aliphatic heterocycles. The average molecular weight is 360 g/mol. The molecule has 25 heavy (non-hydrogen) atoms. The Hall–Kier alpha value is -2.08. The minimum absolute atomic E-state index is 0.